The van der Waals surface area contributed by atoms with E-state index < -0.39 is 11.7 Å². The Morgan fingerprint density at radius 1 is 1.46 bits per heavy atom. The predicted molar refractivity (Wildman–Crippen MR) is 95.8 cm³/mol. The molecule has 9 nitrogen and oxygen atoms in total. The van der Waals surface area contributed by atoms with Gasteiger partial charge < -0.3 is 9.64 Å². The third-order valence-corrected chi connectivity index (χ3v) is 4.06. The van der Waals surface area contributed by atoms with Gasteiger partial charge in [0.2, 0.25) is 5.91 Å². The van der Waals surface area contributed by atoms with Crippen LogP contribution in [0.4, 0.5) is 10.5 Å². The molecule has 1 amide bonds. The second-order valence-electron chi connectivity index (χ2n) is 7.23. The topological polar surface area (TPSA) is 113 Å². The monoisotopic (exact) mass is 356 g/mol. The number of rotatable bonds is 3. The lowest BCUT2D eigenvalue weighted by molar-refractivity contribution is -0.117. The second-order valence-corrected chi connectivity index (χ2v) is 7.23. The fourth-order valence-corrected chi connectivity index (χ4v) is 3.01. The first-order valence-electron chi connectivity index (χ1n) is 8.31. The first-order valence-corrected chi connectivity index (χ1v) is 8.31. The third-order valence-electron chi connectivity index (χ3n) is 4.06. The van der Waals surface area contributed by atoms with Crippen molar-refractivity contribution in [2.75, 3.05) is 18.0 Å². The molecule has 1 aromatic carbocycles. The SMILES string of the molecule is CC(C)(C)OC(=O)n1ncc2c(N3CC(CN=[N+]=[N-])CC3=O)cccc21. The summed E-state index contributed by atoms with van der Waals surface area (Å²) >= 11 is 0. The Morgan fingerprint density at radius 3 is 2.92 bits per heavy atom. The van der Waals surface area contributed by atoms with E-state index in [0.717, 1.165) is 0 Å². The zero-order valence-corrected chi connectivity index (χ0v) is 14.9. The van der Waals surface area contributed by atoms with E-state index in [-0.39, 0.29) is 18.4 Å². The van der Waals surface area contributed by atoms with E-state index in [1.165, 1.54) is 4.68 Å². The molecule has 1 saturated heterocycles. The molecule has 0 radical (unpaired) electrons. The van der Waals surface area contributed by atoms with Gasteiger partial charge in [0.25, 0.3) is 0 Å². The number of carbonyl (C=O) groups excluding carboxylic acids is 2. The Labute approximate surface area is 150 Å². The Kier molecular flexibility index (Phi) is 4.56. The minimum Gasteiger partial charge on any atom is -0.442 e. The Morgan fingerprint density at radius 2 is 2.23 bits per heavy atom. The number of amides is 1. The van der Waals surface area contributed by atoms with Crippen molar-refractivity contribution >= 4 is 28.6 Å². The third kappa shape index (κ3) is 3.48. The van der Waals surface area contributed by atoms with Crippen LogP contribution in [-0.2, 0) is 9.53 Å². The number of hydrogen-bond acceptors (Lipinski definition) is 5. The van der Waals surface area contributed by atoms with Crippen LogP contribution in [0, 0.1) is 5.92 Å². The van der Waals surface area contributed by atoms with E-state index in [2.05, 4.69) is 15.1 Å². The van der Waals surface area contributed by atoms with Crippen LogP contribution in [0.3, 0.4) is 0 Å². The van der Waals surface area contributed by atoms with E-state index in [4.69, 9.17) is 10.3 Å². The summed E-state index contributed by atoms with van der Waals surface area (Å²) in [7, 11) is 0. The summed E-state index contributed by atoms with van der Waals surface area (Å²) in [5, 5.41) is 8.40. The lowest BCUT2D eigenvalue weighted by atomic mass is 10.1. The minimum atomic E-state index is -0.633. The molecule has 0 saturated carbocycles. The summed E-state index contributed by atoms with van der Waals surface area (Å²) < 4.78 is 6.57. The van der Waals surface area contributed by atoms with Crippen molar-refractivity contribution < 1.29 is 14.3 Å². The van der Waals surface area contributed by atoms with Crippen LogP contribution in [0.15, 0.2) is 29.5 Å². The average Bonchev–Trinajstić information content (AvgIpc) is 3.14. The molecule has 2 heterocycles. The van der Waals surface area contributed by atoms with Gasteiger partial charge in [-0.3, -0.25) is 4.79 Å². The molecule has 0 spiro atoms. The molecule has 1 unspecified atom stereocenters. The predicted octanol–water partition coefficient (Wildman–Crippen LogP) is 3.48. The van der Waals surface area contributed by atoms with Crippen molar-refractivity contribution in [2.24, 2.45) is 11.0 Å². The molecule has 3 rings (SSSR count). The fraction of sp³-hybridized carbons (Fsp3) is 0.471. The van der Waals surface area contributed by atoms with Gasteiger partial charge in [-0.05, 0) is 44.4 Å². The molecule has 9 heteroatoms. The molecule has 2 aromatic rings. The normalized spacial score (nSPS) is 17.4. The van der Waals surface area contributed by atoms with Crippen molar-refractivity contribution in [1.29, 1.82) is 0 Å². The largest absolute Gasteiger partial charge is 0.442 e. The molecule has 1 aromatic heterocycles. The molecule has 1 aliphatic heterocycles. The number of hydrogen-bond donors (Lipinski definition) is 0. The Bertz CT molecular complexity index is 907. The molecule has 136 valence electrons. The number of aromatic nitrogens is 2. The number of azide groups is 1. The summed E-state index contributed by atoms with van der Waals surface area (Å²) in [6, 6.07) is 5.35. The van der Waals surface area contributed by atoms with Crippen LogP contribution in [0.25, 0.3) is 21.3 Å². The highest BCUT2D eigenvalue weighted by Gasteiger charge is 2.31. The molecule has 0 N–H and O–H groups in total. The minimum absolute atomic E-state index is 0.0189. The van der Waals surface area contributed by atoms with Crippen LogP contribution < -0.4 is 4.90 Å². The Hall–Kier alpha value is -3.06. The van der Waals surface area contributed by atoms with Gasteiger partial charge in [-0.25, -0.2) is 4.79 Å². The summed E-state index contributed by atoms with van der Waals surface area (Å²) in [5.41, 5.74) is 9.08. The van der Waals surface area contributed by atoms with E-state index in [1.807, 2.05) is 6.07 Å². The zero-order chi connectivity index (χ0) is 18.9. The van der Waals surface area contributed by atoms with Gasteiger partial charge in [0, 0.05) is 29.8 Å². The summed E-state index contributed by atoms with van der Waals surface area (Å²) in [4.78, 5) is 29.2. The fourth-order valence-electron chi connectivity index (χ4n) is 3.01. The van der Waals surface area contributed by atoms with Crippen LogP contribution >= 0.6 is 0 Å². The van der Waals surface area contributed by atoms with Crippen molar-refractivity contribution in [3.05, 3.63) is 34.8 Å². The first-order chi connectivity index (χ1) is 12.3. The number of benzene rings is 1. The van der Waals surface area contributed by atoms with Crippen molar-refractivity contribution in [3.63, 3.8) is 0 Å². The molecular formula is C17H20N6O3. The first kappa shape index (κ1) is 17.8. The molecule has 0 bridgehead atoms. The standard InChI is InChI=1S/C17H20N6O3/c1-17(2,3)26-16(25)23-14-6-4-5-13(12(14)9-20-23)22-10-11(7-15(22)24)8-19-21-18/h4-6,9,11H,7-8,10H2,1-3H3. The Balaban J connectivity index is 1.93. The molecular weight excluding hydrogens is 336 g/mol. The van der Waals surface area contributed by atoms with Gasteiger partial charge in [0.05, 0.1) is 17.4 Å². The van der Waals surface area contributed by atoms with Crippen molar-refractivity contribution in [1.82, 2.24) is 9.78 Å². The number of fused-ring (bicyclic) bond motifs is 1. The van der Waals surface area contributed by atoms with Crippen molar-refractivity contribution in [2.45, 2.75) is 32.8 Å². The summed E-state index contributed by atoms with van der Waals surface area (Å²) in [6.07, 6.45) is 1.32. The van der Waals surface area contributed by atoms with Gasteiger partial charge in [-0.1, -0.05) is 11.2 Å². The average molecular weight is 356 g/mol. The van der Waals surface area contributed by atoms with Gasteiger partial charge >= 0.3 is 6.09 Å². The van der Waals surface area contributed by atoms with E-state index >= 15 is 0 Å². The van der Waals surface area contributed by atoms with E-state index in [0.29, 0.717) is 29.6 Å². The maximum atomic E-state index is 12.4. The van der Waals surface area contributed by atoms with E-state index in [9.17, 15) is 9.59 Å². The number of nitrogens with zero attached hydrogens (tertiary/aromatic N) is 6. The second kappa shape index (κ2) is 6.68. The number of ether oxygens (including phenoxy) is 1. The molecule has 1 fully saturated rings. The molecule has 1 atom stereocenters. The lowest BCUT2D eigenvalue weighted by Crippen LogP contribution is -2.27. The van der Waals surface area contributed by atoms with Crippen molar-refractivity contribution in [3.8, 4) is 0 Å². The van der Waals surface area contributed by atoms with Crippen LogP contribution in [-0.4, -0.2) is 40.5 Å². The smallest absolute Gasteiger partial charge is 0.435 e. The number of carbonyl (C=O) groups is 2. The molecule has 1 aliphatic rings. The van der Waals surface area contributed by atoms with Gasteiger partial charge in [0.1, 0.15) is 5.60 Å². The summed E-state index contributed by atoms with van der Waals surface area (Å²) in [5.74, 6) is -0.0600. The van der Waals surface area contributed by atoms with Gasteiger partial charge in [0.15, 0.2) is 0 Å². The van der Waals surface area contributed by atoms with Gasteiger partial charge in [-0.2, -0.15) is 9.78 Å². The van der Waals surface area contributed by atoms with E-state index in [1.54, 1.807) is 44.0 Å². The highest BCUT2D eigenvalue weighted by molar-refractivity contribution is 6.05. The highest BCUT2D eigenvalue weighted by atomic mass is 16.6. The summed E-state index contributed by atoms with van der Waals surface area (Å²) in [6.45, 7) is 6.11. The maximum Gasteiger partial charge on any atom is 0.435 e. The highest BCUT2D eigenvalue weighted by Crippen LogP contribution is 2.32. The quantitative estimate of drug-likeness (QED) is 0.476. The zero-order valence-electron chi connectivity index (χ0n) is 14.9. The lowest BCUT2D eigenvalue weighted by Gasteiger charge is -2.19. The van der Waals surface area contributed by atoms with Crippen LogP contribution in [0.2, 0.25) is 0 Å². The molecule has 0 aliphatic carbocycles. The van der Waals surface area contributed by atoms with Gasteiger partial charge in [-0.15, -0.1) is 0 Å². The number of anilines is 1. The van der Waals surface area contributed by atoms with Crippen LogP contribution in [0.5, 0.6) is 0 Å². The van der Waals surface area contributed by atoms with Crippen LogP contribution in [0.1, 0.15) is 27.2 Å². The maximum absolute atomic E-state index is 12.4. The molecule has 26 heavy (non-hydrogen) atoms.